The third-order valence-electron chi connectivity index (χ3n) is 2.40. The number of allylic oxidation sites excluding steroid dienone is 2. The van der Waals surface area contributed by atoms with Crippen LogP contribution in [0.4, 0.5) is 48.3 Å². The molecule has 1 rings (SSSR count). The third kappa shape index (κ3) is 5.43. The van der Waals surface area contributed by atoms with Crippen LogP contribution in [0.1, 0.15) is 0 Å². The highest BCUT2D eigenvalue weighted by molar-refractivity contribution is 8.78. The standard InChI is InChI=1S/C12H5F11S2/c13-9(14,12(21,22)23)8(7(10(15,16)17)11(18,19)20)25-24-6-4-2-1-3-5-6/h1-5H. The monoisotopic (exact) mass is 422 g/mol. The number of hydrogen-bond acceptors (Lipinski definition) is 2. The molecule has 142 valence electrons. The lowest BCUT2D eigenvalue weighted by Crippen LogP contribution is -2.41. The Morgan fingerprint density at radius 1 is 0.680 bits per heavy atom. The average molecular weight is 422 g/mol. The van der Waals surface area contributed by atoms with Crippen LogP contribution in [0.25, 0.3) is 0 Å². The Morgan fingerprint density at radius 3 is 1.48 bits per heavy atom. The molecule has 13 heteroatoms. The van der Waals surface area contributed by atoms with E-state index in [1.165, 1.54) is 18.2 Å². The van der Waals surface area contributed by atoms with Gasteiger partial charge in [0.1, 0.15) is 0 Å². The van der Waals surface area contributed by atoms with Gasteiger partial charge in [0.2, 0.25) is 0 Å². The Kier molecular flexibility index (Phi) is 6.36. The van der Waals surface area contributed by atoms with E-state index in [4.69, 9.17) is 0 Å². The molecule has 0 heterocycles. The van der Waals surface area contributed by atoms with Crippen molar-refractivity contribution in [2.45, 2.75) is 29.3 Å². The van der Waals surface area contributed by atoms with Crippen LogP contribution in [-0.2, 0) is 0 Å². The lowest BCUT2D eigenvalue weighted by Gasteiger charge is -2.26. The zero-order valence-corrected chi connectivity index (χ0v) is 13.0. The van der Waals surface area contributed by atoms with Gasteiger partial charge in [0.05, 0.1) is 4.91 Å². The van der Waals surface area contributed by atoms with Gasteiger partial charge < -0.3 is 0 Å². The van der Waals surface area contributed by atoms with Gasteiger partial charge in [0.25, 0.3) is 0 Å². The number of alkyl halides is 11. The lowest BCUT2D eigenvalue weighted by atomic mass is 10.1. The zero-order chi connectivity index (χ0) is 19.7. The van der Waals surface area contributed by atoms with E-state index in [0.29, 0.717) is 0 Å². The zero-order valence-electron chi connectivity index (χ0n) is 11.4. The van der Waals surface area contributed by atoms with E-state index in [1.54, 1.807) is 0 Å². The number of benzene rings is 1. The maximum atomic E-state index is 13.4. The Morgan fingerprint density at radius 2 is 1.12 bits per heavy atom. The van der Waals surface area contributed by atoms with Gasteiger partial charge in [-0.3, -0.25) is 0 Å². The van der Waals surface area contributed by atoms with Crippen molar-refractivity contribution >= 4 is 21.6 Å². The van der Waals surface area contributed by atoms with Gasteiger partial charge in [-0.15, -0.1) is 0 Å². The highest BCUT2D eigenvalue weighted by Gasteiger charge is 2.66. The second kappa shape index (κ2) is 7.25. The second-order valence-corrected chi connectivity index (χ2v) is 6.46. The molecule has 1 aromatic carbocycles. The van der Waals surface area contributed by atoms with Gasteiger partial charge in [0, 0.05) is 4.90 Å². The Hall–Kier alpha value is -1.11. The van der Waals surface area contributed by atoms with Gasteiger partial charge in [0.15, 0.2) is 5.57 Å². The van der Waals surface area contributed by atoms with Gasteiger partial charge >= 0.3 is 24.5 Å². The molecule has 0 saturated carbocycles. The molecule has 0 spiro atoms. The summed E-state index contributed by atoms with van der Waals surface area (Å²) in [5.74, 6) is -6.35. The van der Waals surface area contributed by atoms with Gasteiger partial charge in [-0.25, -0.2) is 0 Å². The number of halogens is 11. The number of hydrogen-bond donors (Lipinski definition) is 0. The topological polar surface area (TPSA) is 0 Å². The van der Waals surface area contributed by atoms with Crippen molar-refractivity contribution < 1.29 is 48.3 Å². The smallest absolute Gasteiger partial charge is 0.190 e. The molecular weight excluding hydrogens is 417 g/mol. The molecule has 1 aromatic rings. The first kappa shape index (κ1) is 21.9. The molecule has 0 aliphatic heterocycles. The van der Waals surface area contributed by atoms with Crippen molar-refractivity contribution in [3.8, 4) is 0 Å². The molecule has 0 aliphatic rings. The van der Waals surface area contributed by atoms with Crippen molar-refractivity contribution in [2.24, 2.45) is 0 Å². The van der Waals surface area contributed by atoms with E-state index in [-0.39, 0.29) is 15.7 Å². The average Bonchev–Trinajstić information content (AvgIpc) is 2.40. The summed E-state index contributed by atoms with van der Waals surface area (Å²) >= 11 is 0. The molecular formula is C12H5F11S2. The summed E-state index contributed by atoms with van der Waals surface area (Å²) < 4.78 is 140. The van der Waals surface area contributed by atoms with Crippen molar-refractivity contribution in [3.63, 3.8) is 0 Å². The summed E-state index contributed by atoms with van der Waals surface area (Å²) in [7, 11) is -1.03. The molecule has 0 amide bonds. The Labute approximate surface area is 140 Å². The van der Waals surface area contributed by atoms with E-state index in [2.05, 4.69) is 0 Å². The molecule has 0 nitrogen and oxygen atoms in total. The van der Waals surface area contributed by atoms with Crippen LogP contribution in [0.5, 0.6) is 0 Å². The molecule has 0 unspecified atom stereocenters. The lowest BCUT2D eigenvalue weighted by molar-refractivity contribution is -0.264. The summed E-state index contributed by atoms with van der Waals surface area (Å²) in [5, 5.41) is 0. The SMILES string of the molecule is FC(F)(F)C(=C(SSc1ccccc1)C(F)(F)C(F)(F)F)C(F)(F)F. The van der Waals surface area contributed by atoms with Crippen molar-refractivity contribution in [1.29, 1.82) is 0 Å². The molecule has 0 fully saturated rings. The molecule has 0 aromatic heterocycles. The molecule has 0 N–H and O–H groups in total. The van der Waals surface area contributed by atoms with Crippen LogP contribution in [0.2, 0.25) is 0 Å². The van der Waals surface area contributed by atoms with E-state index in [0.717, 1.165) is 12.1 Å². The Bertz CT molecular complexity index is 595. The molecule has 0 saturated heterocycles. The van der Waals surface area contributed by atoms with Crippen molar-refractivity contribution in [3.05, 3.63) is 40.8 Å². The Balaban J connectivity index is 3.53. The largest absolute Gasteiger partial charge is 0.458 e. The summed E-state index contributed by atoms with van der Waals surface area (Å²) in [6.45, 7) is 0. The maximum absolute atomic E-state index is 13.4. The first-order valence-corrected chi connectivity index (χ1v) is 7.96. The number of rotatable bonds is 4. The van der Waals surface area contributed by atoms with Crippen LogP contribution >= 0.6 is 21.6 Å². The molecule has 0 bridgehead atoms. The predicted octanol–water partition coefficient (Wildman–Crippen LogP) is 7.00. The van der Waals surface area contributed by atoms with Gasteiger partial charge in [-0.05, 0) is 22.9 Å². The predicted molar refractivity (Wildman–Crippen MR) is 70.0 cm³/mol. The third-order valence-corrected chi connectivity index (χ3v) is 4.90. The van der Waals surface area contributed by atoms with E-state index in [1.807, 2.05) is 0 Å². The first-order valence-electron chi connectivity index (χ1n) is 5.81. The van der Waals surface area contributed by atoms with E-state index in [9.17, 15) is 48.3 Å². The molecule has 0 atom stereocenters. The summed E-state index contributed by atoms with van der Waals surface area (Å²) in [4.78, 5) is -3.29. The normalized spacial score (nSPS) is 13.7. The first-order chi connectivity index (χ1) is 11.1. The molecule has 0 radical (unpaired) electrons. The minimum absolute atomic E-state index is 0.0891. The summed E-state index contributed by atoms with van der Waals surface area (Å²) in [6, 6.07) is 6.15. The minimum Gasteiger partial charge on any atom is -0.190 e. The molecule has 25 heavy (non-hydrogen) atoms. The molecule has 0 aliphatic carbocycles. The van der Waals surface area contributed by atoms with Crippen molar-refractivity contribution in [1.82, 2.24) is 0 Å². The second-order valence-electron chi connectivity index (χ2n) is 4.25. The summed E-state index contributed by atoms with van der Waals surface area (Å²) in [6.07, 6.45) is -19.6. The highest BCUT2D eigenvalue weighted by atomic mass is 33.1. The van der Waals surface area contributed by atoms with Crippen molar-refractivity contribution in [2.75, 3.05) is 0 Å². The quantitative estimate of drug-likeness (QED) is 0.378. The highest BCUT2D eigenvalue weighted by Crippen LogP contribution is 2.56. The fourth-order valence-electron chi connectivity index (χ4n) is 1.36. The van der Waals surface area contributed by atoms with Gasteiger partial charge in [-0.2, -0.15) is 48.3 Å². The summed E-state index contributed by atoms with van der Waals surface area (Å²) in [5.41, 5.74) is -3.89. The fourth-order valence-corrected chi connectivity index (χ4v) is 3.78. The van der Waals surface area contributed by atoms with E-state index >= 15 is 0 Å². The van der Waals surface area contributed by atoms with Crippen LogP contribution < -0.4 is 0 Å². The van der Waals surface area contributed by atoms with Gasteiger partial charge in [-0.1, -0.05) is 29.0 Å². The fraction of sp³-hybridized carbons (Fsp3) is 0.333. The van der Waals surface area contributed by atoms with Crippen LogP contribution in [0, 0.1) is 0 Å². The van der Waals surface area contributed by atoms with E-state index < -0.39 is 45.7 Å². The van der Waals surface area contributed by atoms with Crippen LogP contribution in [-0.4, -0.2) is 24.5 Å². The van der Waals surface area contributed by atoms with Crippen LogP contribution in [0.15, 0.2) is 45.7 Å². The minimum atomic E-state index is -6.64. The maximum Gasteiger partial charge on any atom is 0.458 e. The van der Waals surface area contributed by atoms with Crippen LogP contribution in [0.3, 0.4) is 0 Å².